The number of hydrogen-bond donors (Lipinski definition) is 2. The SMILES string of the molecule is CCC1(c2nc(C(N)=O)no2)CCCNC1. The first-order valence-electron chi connectivity index (χ1n) is 5.53. The van der Waals surface area contributed by atoms with Gasteiger partial charge in [-0.1, -0.05) is 12.1 Å². The highest BCUT2D eigenvalue weighted by Crippen LogP contribution is 2.33. The summed E-state index contributed by atoms with van der Waals surface area (Å²) in [5.74, 6) is -0.158. The summed E-state index contributed by atoms with van der Waals surface area (Å²) in [5.41, 5.74) is 4.96. The number of carbonyl (C=O) groups excluding carboxylic acids is 1. The zero-order valence-electron chi connectivity index (χ0n) is 9.32. The molecule has 88 valence electrons. The van der Waals surface area contributed by atoms with Gasteiger partial charge in [0.1, 0.15) is 0 Å². The quantitative estimate of drug-likeness (QED) is 0.764. The standard InChI is InChI=1S/C10H16N4O2/c1-2-10(4-3-5-12-6-10)9-13-8(7(11)15)14-16-9/h12H,2-6H2,1H3,(H2,11,15). The van der Waals surface area contributed by atoms with E-state index in [2.05, 4.69) is 22.4 Å². The van der Waals surface area contributed by atoms with Gasteiger partial charge >= 0.3 is 0 Å². The maximum absolute atomic E-state index is 10.9. The van der Waals surface area contributed by atoms with Crippen molar-refractivity contribution in [2.75, 3.05) is 13.1 Å². The van der Waals surface area contributed by atoms with Gasteiger partial charge in [-0.3, -0.25) is 4.79 Å². The largest absolute Gasteiger partial charge is 0.363 e. The second kappa shape index (κ2) is 4.21. The number of nitrogens with zero attached hydrogens (tertiary/aromatic N) is 2. The van der Waals surface area contributed by atoms with Crippen molar-refractivity contribution in [1.82, 2.24) is 15.5 Å². The highest BCUT2D eigenvalue weighted by molar-refractivity contribution is 5.88. The molecule has 1 unspecified atom stereocenters. The van der Waals surface area contributed by atoms with E-state index in [1.165, 1.54) is 0 Å². The van der Waals surface area contributed by atoms with E-state index in [4.69, 9.17) is 10.3 Å². The third-order valence-electron chi connectivity index (χ3n) is 3.25. The molecule has 1 aliphatic rings. The number of hydrogen-bond acceptors (Lipinski definition) is 5. The Morgan fingerprint density at radius 2 is 2.50 bits per heavy atom. The Morgan fingerprint density at radius 1 is 1.69 bits per heavy atom. The predicted molar refractivity (Wildman–Crippen MR) is 56.9 cm³/mol. The maximum atomic E-state index is 10.9. The topological polar surface area (TPSA) is 94.0 Å². The molecule has 1 atom stereocenters. The fourth-order valence-corrected chi connectivity index (χ4v) is 2.14. The minimum Gasteiger partial charge on any atom is -0.363 e. The van der Waals surface area contributed by atoms with Crippen LogP contribution in [0.5, 0.6) is 0 Å². The molecule has 1 aliphatic heterocycles. The van der Waals surface area contributed by atoms with Crippen LogP contribution < -0.4 is 11.1 Å². The lowest BCUT2D eigenvalue weighted by atomic mass is 9.78. The van der Waals surface area contributed by atoms with Crippen LogP contribution in [-0.2, 0) is 5.41 Å². The van der Waals surface area contributed by atoms with Gasteiger partial charge in [-0.15, -0.1) is 0 Å². The summed E-state index contributed by atoms with van der Waals surface area (Å²) in [6, 6.07) is 0. The highest BCUT2D eigenvalue weighted by Gasteiger charge is 2.37. The van der Waals surface area contributed by atoms with Crippen LogP contribution in [0.15, 0.2) is 4.52 Å². The molecule has 0 bridgehead atoms. The Balaban J connectivity index is 2.28. The van der Waals surface area contributed by atoms with Crippen molar-refractivity contribution in [2.24, 2.45) is 5.73 Å². The maximum Gasteiger partial charge on any atom is 0.290 e. The summed E-state index contributed by atoms with van der Waals surface area (Å²) >= 11 is 0. The zero-order chi connectivity index (χ0) is 11.6. The lowest BCUT2D eigenvalue weighted by Crippen LogP contribution is -2.43. The Labute approximate surface area is 93.6 Å². The molecule has 1 aromatic rings. The molecule has 6 heteroatoms. The number of primary amides is 1. The molecule has 1 saturated heterocycles. The molecule has 0 radical (unpaired) electrons. The first-order valence-corrected chi connectivity index (χ1v) is 5.53. The van der Waals surface area contributed by atoms with E-state index in [9.17, 15) is 4.79 Å². The van der Waals surface area contributed by atoms with Gasteiger partial charge in [0.15, 0.2) is 0 Å². The van der Waals surface area contributed by atoms with Crippen LogP contribution in [0, 0.1) is 0 Å². The number of amides is 1. The van der Waals surface area contributed by atoms with Gasteiger partial charge in [0.25, 0.3) is 11.7 Å². The molecule has 0 aliphatic carbocycles. The molecule has 0 aromatic carbocycles. The van der Waals surface area contributed by atoms with Gasteiger partial charge < -0.3 is 15.6 Å². The first-order chi connectivity index (χ1) is 7.68. The molecule has 2 heterocycles. The fourth-order valence-electron chi connectivity index (χ4n) is 2.14. The molecule has 16 heavy (non-hydrogen) atoms. The molecule has 6 nitrogen and oxygen atoms in total. The first kappa shape index (κ1) is 11.1. The molecule has 0 saturated carbocycles. The van der Waals surface area contributed by atoms with Crippen molar-refractivity contribution < 1.29 is 9.32 Å². The Morgan fingerprint density at radius 3 is 3.00 bits per heavy atom. The summed E-state index contributed by atoms with van der Waals surface area (Å²) in [5, 5.41) is 6.92. The van der Waals surface area contributed by atoms with Gasteiger partial charge in [-0.05, 0) is 25.8 Å². The minimum absolute atomic E-state index is 0.0339. The Kier molecular flexibility index (Phi) is 2.91. The summed E-state index contributed by atoms with van der Waals surface area (Å²) < 4.78 is 5.16. The van der Waals surface area contributed by atoms with Crippen molar-refractivity contribution >= 4 is 5.91 Å². The number of carbonyl (C=O) groups is 1. The van der Waals surface area contributed by atoms with Crippen molar-refractivity contribution in [3.8, 4) is 0 Å². The van der Waals surface area contributed by atoms with Crippen molar-refractivity contribution in [1.29, 1.82) is 0 Å². The van der Waals surface area contributed by atoms with Gasteiger partial charge in [-0.2, -0.15) is 4.98 Å². The van der Waals surface area contributed by atoms with Gasteiger partial charge in [0.2, 0.25) is 5.89 Å². The lowest BCUT2D eigenvalue weighted by Gasteiger charge is -2.33. The molecule has 1 fully saturated rings. The van der Waals surface area contributed by atoms with Crippen LogP contribution in [0.3, 0.4) is 0 Å². The summed E-state index contributed by atoms with van der Waals surface area (Å²) in [4.78, 5) is 15.0. The Hall–Kier alpha value is -1.43. The number of nitrogens with two attached hydrogens (primary N) is 1. The molecular weight excluding hydrogens is 208 g/mol. The van der Waals surface area contributed by atoms with Crippen LogP contribution in [0.2, 0.25) is 0 Å². The van der Waals surface area contributed by atoms with E-state index in [1.54, 1.807) is 0 Å². The normalized spacial score (nSPS) is 25.6. The number of nitrogens with one attached hydrogen (secondary N) is 1. The van der Waals surface area contributed by atoms with Crippen LogP contribution >= 0.6 is 0 Å². The van der Waals surface area contributed by atoms with Gasteiger partial charge in [0.05, 0.1) is 5.41 Å². The second-order valence-corrected chi connectivity index (χ2v) is 4.20. The molecule has 0 spiro atoms. The fraction of sp³-hybridized carbons (Fsp3) is 0.700. The second-order valence-electron chi connectivity index (χ2n) is 4.20. The summed E-state index contributed by atoms with van der Waals surface area (Å²) in [7, 11) is 0. The molecule has 2 rings (SSSR count). The zero-order valence-corrected chi connectivity index (χ0v) is 9.32. The van der Waals surface area contributed by atoms with Crippen molar-refractivity contribution in [3.05, 3.63) is 11.7 Å². The van der Waals surface area contributed by atoms with E-state index in [0.29, 0.717) is 5.89 Å². The van der Waals surface area contributed by atoms with Gasteiger partial charge in [-0.25, -0.2) is 0 Å². The third-order valence-corrected chi connectivity index (χ3v) is 3.25. The van der Waals surface area contributed by atoms with E-state index in [-0.39, 0.29) is 11.2 Å². The van der Waals surface area contributed by atoms with Crippen LogP contribution in [0.1, 0.15) is 42.7 Å². The molecule has 3 N–H and O–H groups in total. The van der Waals surface area contributed by atoms with Crippen molar-refractivity contribution in [2.45, 2.75) is 31.6 Å². The van der Waals surface area contributed by atoms with E-state index < -0.39 is 5.91 Å². The molecule has 1 amide bonds. The average Bonchev–Trinajstić information content (AvgIpc) is 2.80. The number of rotatable bonds is 3. The smallest absolute Gasteiger partial charge is 0.290 e. The molecular formula is C10H16N4O2. The summed E-state index contributed by atoms with van der Waals surface area (Å²) in [6.45, 7) is 3.91. The lowest BCUT2D eigenvalue weighted by molar-refractivity contribution is 0.0987. The Bertz CT molecular complexity index is 382. The van der Waals surface area contributed by atoms with E-state index in [1.807, 2.05) is 0 Å². The predicted octanol–water partition coefficient (Wildman–Crippen LogP) is 0.200. The summed E-state index contributed by atoms with van der Waals surface area (Å²) in [6.07, 6.45) is 2.97. The highest BCUT2D eigenvalue weighted by atomic mass is 16.5. The van der Waals surface area contributed by atoms with Crippen LogP contribution in [0.4, 0.5) is 0 Å². The monoisotopic (exact) mass is 224 g/mol. The van der Waals surface area contributed by atoms with Crippen molar-refractivity contribution in [3.63, 3.8) is 0 Å². The third kappa shape index (κ3) is 1.80. The minimum atomic E-state index is -0.648. The van der Waals surface area contributed by atoms with Gasteiger partial charge in [0, 0.05) is 6.54 Å². The van der Waals surface area contributed by atoms with Crippen LogP contribution in [0.25, 0.3) is 0 Å². The van der Waals surface area contributed by atoms with Crippen LogP contribution in [-0.4, -0.2) is 29.1 Å². The van der Waals surface area contributed by atoms with E-state index >= 15 is 0 Å². The average molecular weight is 224 g/mol. The number of aromatic nitrogens is 2. The number of piperidine rings is 1. The van der Waals surface area contributed by atoms with E-state index in [0.717, 1.165) is 32.4 Å². The molecule has 1 aromatic heterocycles.